The molecule has 2 aliphatic carbocycles. The van der Waals surface area contributed by atoms with E-state index in [0.29, 0.717) is 16.7 Å². The third-order valence-electron chi connectivity index (χ3n) is 4.90. The topological polar surface area (TPSA) is 98.2 Å². The number of thiazole rings is 1. The lowest BCUT2D eigenvalue weighted by molar-refractivity contribution is 0.0926. The van der Waals surface area contributed by atoms with Crippen LogP contribution in [0.2, 0.25) is 0 Å². The number of carbonyl (C=O) groups excluding carboxylic acids is 1. The maximum atomic E-state index is 12.9. The Kier molecular flexibility index (Phi) is 3.27. The van der Waals surface area contributed by atoms with Gasteiger partial charge in [0.1, 0.15) is 5.69 Å². The quantitative estimate of drug-likeness (QED) is 0.749. The first-order valence-electron chi connectivity index (χ1n) is 8.57. The van der Waals surface area contributed by atoms with Crippen LogP contribution in [0.1, 0.15) is 51.9 Å². The van der Waals surface area contributed by atoms with Gasteiger partial charge in [-0.3, -0.25) is 4.79 Å². The Balaban J connectivity index is 1.41. The number of amides is 1. The lowest BCUT2D eigenvalue weighted by Gasteiger charge is -2.22. The molecule has 1 amide bonds. The van der Waals surface area contributed by atoms with Crippen molar-refractivity contribution < 1.29 is 4.79 Å². The van der Waals surface area contributed by atoms with Gasteiger partial charge in [-0.25, -0.2) is 14.5 Å². The molecular formula is C17H18N6OS. The van der Waals surface area contributed by atoms with Crippen molar-refractivity contribution in [1.82, 2.24) is 24.9 Å². The molecule has 0 radical (unpaired) electrons. The molecule has 0 spiro atoms. The lowest BCUT2D eigenvalue weighted by atomic mass is 9.97. The van der Waals surface area contributed by atoms with Gasteiger partial charge in [0.15, 0.2) is 10.8 Å². The molecule has 3 aromatic rings. The predicted octanol–water partition coefficient (Wildman–Crippen LogP) is 1.93. The van der Waals surface area contributed by atoms with Crippen LogP contribution in [0.5, 0.6) is 0 Å². The van der Waals surface area contributed by atoms with Crippen LogP contribution >= 0.6 is 11.3 Å². The Labute approximate surface area is 148 Å². The van der Waals surface area contributed by atoms with Crippen LogP contribution in [0.3, 0.4) is 0 Å². The van der Waals surface area contributed by atoms with Gasteiger partial charge in [-0.15, -0.1) is 11.3 Å². The highest BCUT2D eigenvalue weighted by molar-refractivity contribution is 7.15. The summed E-state index contributed by atoms with van der Waals surface area (Å²) in [4.78, 5) is 23.1. The number of rotatable bonds is 3. The molecule has 0 saturated heterocycles. The van der Waals surface area contributed by atoms with E-state index >= 15 is 0 Å². The summed E-state index contributed by atoms with van der Waals surface area (Å²) in [7, 11) is 0. The molecule has 3 aromatic heterocycles. The molecule has 2 aliphatic rings. The van der Waals surface area contributed by atoms with E-state index in [2.05, 4.69) is 20.4 Å². The summed E-state index contributed by atoms with van der Waals surface area (Å²) >= 11 is 1.52. The van der Waals surface area contributed by atoms with Gasteiger partial charge in [0.2, 0.25) is 0 Å². The Morgan fingerprint density at radius 3 is 3.04 bits per heavy atom. The lowest BCUT2D eigenvalue weighted by Crippen LogP contribution is -2.39. The molecule has 5 rings (SSSR count). The van der Waals surface area contributed by atoms with Crippen LogP contribution in [0.4, 0.5) is 5.13 Å². The summed E-state index contributed by atoms with van der Waals surface area (Å²) < 4.78 is 1.63. The Morgan fingerprint density at radius 2 is 2.20 bits per heavy atom. The molecule has 8 heteroatoms. The number of nitrogen functional groups attached to an aromatic ring is 1. The van der Waals surface area contributed by atoms with Crippen molar-refractivity contribution in [2.24, 2.45) is 0 Å². The van der Waals surface area contributed by atoms with E-state index < -0.39 is 0 Å². The largest absolute Gasteiger partial charge is 0.375 e. The summed E-state index contributed by atoms with van der Waals surface area (Å²) in [6.45, 7) is 0. The number of aryl methyl sites for hydroxylation is 1. The normalized spacial score (nSPS) is 19.8. The summed E-state index contributed by atoms with van der Waals surface area (Å²) in [6, 6.07) is 3.84. The molecule has 0 bridgehead atoms. The fraction of sp³-hybridized carbons (Fsp3) is 0.412. The third-order valence-corrected chi connectivity index (χ3v) is 5.85. The van der Waals surface area contributed by atoms with Crippen molar-refractivity contribution >= 4 is 28.0 Å². The number of hydrogen-bond acceptors (Lipinski definition) is 6. The van der Waals surface area contributed by atoms with E-state index in [1.165, 1.54) is 16.2 Å². The van der Waals surface area contributed by atoms with Gasteiger partial charge >= 0.3 is 0 Å². The molecule has 1 fully saturated rings. The van der Waals surface area contributed by atoms with E-state index in [9.17, 15) is 4.79 Å². The Bertz CT molecular complexity index is 973. The Hall–Kier alpha value is -2.48. The molecule has 0 aliphatic heterocycles. The van der Waals surface area contributed by atoms with Crippen molar-refractivity contribution in [2.45, 2.75) is 44.1 Å². The maximum Gasteiger partial charge on any atom is 0.270 e. The van der Waals surface area contributed by atoms with E-state index in [1.54, 1.807) is 10.7 Å². The summed E-state index contributed by atoms with van der Waals surface area (Å²) in [5.74, 6) is 0.396. The predicted molar refractivity (Wildman–Crippen MR) is 94.8 cm³/mol. The summed E-state index contributed by atoms with van der Waals surface area (Å²) in [6.07, 6.45) is 6.51. The average molecular weight is 354 g/mol. The summed E-state index contributed by atoms with van der Waals surface area (Å²) in [5.41, 5.74) is 9.18. The van der Waals surface area contributed by atoms with Crippen LogP contribution < -0.4 is 11.1 Å². The maximum absolute atomic E-state index is 12.9. The first-order valence-corrected chi connectivity index (χ1v) is 9.38. The van der Waals surface area contributed by atoms with Gasteiger partial charge in [-0.1, -0.05) is 0 Å². The van der Waals surface area contributed by atoms with Gasteiger partial charge in [0.25, 0.3) is 5.91 Å². The molecule has 0 unspecified atom stereocenters. The average Bonchev–Trinajstić information content (AvgIpc) is 3.22. The number of nitrogens with zero attached hydrogens (tertiary/aromatic N) is 4. The standard InChI is InChI=1S/C17H18N6OS/c18-17-22-11-4-3-10(7-14(11)25-17)20-16(24)13-8-12(9-1-2-9)21-15-5-6-19-23(13)15/h5-6,8-10H,1-4,7H2,(H2,18,22)(H,20,24)/t10-/m0/s1. The minimum Gasteiger partial charge on any atom is -0.375 e. The van der Waals surface area contributed by atoms with Gasteiger partial charge < -0.3 is 11.1 Å². The van der Waals surface area contributed by atoms with Crippen LogP contribution in [-0.2, 0) is 12.8 Å². The van der Waals surface area contributed by atoms with E-state index in [-0.39, 0.29) is 11.9 Å². The molecular weight excluding hydrogens is 336 g/mol. The molecule has 128 valence electrons. The van der Waals surface area contributed by atoms with Crippen molar-refractivity contribution in [1.29, 1.82) is 0 Å². The van der Waals surface area contributed by atoms with Gasteiger partial charge in [-0.05, 0) is 31.7 Å². The number of nitrogens with two attached hydrogens (primary N) is 1. The van der Waals surface area contributed by atoms with Crippen LogP contribution in [0, 0.1) is 0 Å². The molecule has 3 N–H and O–H groups in total. The minimum absolute atomic E-state index is 0.0936. The highest BCUT2D eigenvalue weighted by Crippen LogP contribution is 2.39. The molecule has 7 nitrogen and oxygen atoms in total. The number of hydrogen-bond donors (Lipinski definition) is 2. The molecule has 1 atom stereocenters. The smallest absolute Gasteiger partial charge is 0.270 e. The molecule has 0 aromatic carbocycles. The van der Waals surface area contributed by atoms with Crippen LogP contribution in [0.15, 0.2) is 18.3 Å². The highest BCUT2D eigenvalue weighted by Gasteiger charge is 2.29. The SMILES string of the molecule is Nc1nc2c(s1)C[C@@H](NC(=O)c1cc(C3CC3)nc3ccnn13)CC2. The highest BCUT2D eigenvalue weighted by atomic mass is 32.1. The zero-order valence-electron chi connectivity index (χ0n) is 13.6. The fourth-order valence-electron chi connectivity index (χ4n) is 3.46. The number of nitrogens with one attached hydrogen (secondary N) is 1. The van der Waals surface area contributed by atoms with Crippen LogP contribution in [0.25, 0.3) is 5.65 Å². The van der Waals surface area contributed by atoms with Crippen molar-refractivity contribution in [3.05, 3.63) is 40.3 Å². The van der Waals surface area contributed by atoms with Gasteiger partial charge in [-0.2, -0.15) is 5.10 Å². The minimum atomic E-state index is -0.0936. The number of anilines is 1. The second-order valence-electron chi connectivity index (χ2n) is 6.78. The second kappa shape index (κ2) is 5.52. The first kappa shape index (κ1) is 14.8. The molecule has 1 saturated carbocycles. The number of aromatic nitrogens is 4. The molecule has 25 heavy (non-hydrogen) atoms. The van der Waals surface area contributed by atoms with Crippen molar-refractivity contribution in [2.75, 3.05) is 5.73 Å². The van der Waals surface area contributed by atoms with Crippen LogP contribution in [-0.4, -0.2) is 31.5 Å². The van der Waals surface area contributed by atoms with Crippen molar-refractivity contribution in [3.63, 3.8) is 0 Å². The second-order valence-corrected chi connectivity index (χ2v) is 7.89. The monoisotopic (exact) mass is 354 g/mol. The summed E-state index contributed by atoms with van der Waals surface area (Å²) in [5, 5.41) is 8.04. The van der Waals surface area contributed by atoms with Crippen molar-refractivity contribution in [3.8, 4) is 0 Å². The number of carbonyl (C=O) groups is 1. The van der Waals surface area contributed by atoms with E-state index in [4.69, 9.17) is 5.73 Å². The first-order chi connectivity index (χ1) is 12.2. The zero-order valence-corrected chi connectivity index (χ0v) is 14.4. The third kappa shape index (κ3) is 2.66. The Morgan fingerprint density at radius 1 is 1.32 bits per heavy atom. The zero-order chi connectivity index (χ0) is 17.0. The number of fused-ring (bicyclic) bond motifs is 2. The van der Waals surface area contributed by atoms with E-state index in [0.717, 1.165) is 49.1 Å². The fourth-order valence-corrected chi connectivity index (χ4v) is 4.42. The molecule has 3 heterocycles. The van der Waals surface area contributed by atoms with Gasteiger partial charge in [0.05, 0.1) is 11.9 Å². The van der Waals surface area contributed by atoms with Gasteiger partial charge in [0, 0.05) is 35.0 Å². The van der Waals surface area contributed by atoms with E-state index in [1.807, 2.05) is 12.1 Å².